The maximum Gasteiger partial charge on any atom is 0.231 e. The van der Waals surface area contributed by atoms with Crippen LogP contribution in [0, 0.1) is 0 Å². The van der Waals surface area contributed by atoms with Crippen LogP contribution < -0.4 is 5.32 Å². The number of nitrogens with zero attached hydrogens (tertiary/aromatic N) is 3. The number of fused-ring (bicyclic) bond motifs is 1. The van der Waals surface area contributed by atoms with E-state index in [2.05, 4.69) is 21.8 Å². The number of nitrogens with one attached hydrogen (secondary N) is 1. The summed E-state index contributed by atoms with van der Waals surface area (Å²) >= 11 is 7.85. The Morgan fingerprint density at radius 3 is 2.69 bits per heavy atom. The molecule has 3 aromatic rings. The number of aromatic nitrogens is 3. The van der Waals surface area contributed by atoms with Crippen molar-refractivity contribution in [3.05, 3.63) is 65.1 Å². The molecule has 0 radical (unpaired) electrons. The number of thioether (sulfide) groups is 1. The number of pyridine rings is 1. The van der Waals surface area contributed by atoms with Crippen LogP contribution in [0.2, 0.25) is 5.02 Å². The summed E-state index contributed by atoms with van der Waals surface area (Å²) in [5.41, 5.74) is 1.34. The molecule has 4 rings (SSSR count). The molecule has 2 aromatic heterocycles. The monoisotopic (exact) mass is 428 g/mol. The molecule has 1 saturated carbocycles. The van der Waals surface area contributed by atoms with Gasteiger partial charge < -0.3 is 5.32 Å². The van der Waals surface area contributed by atoms with Gasteiger partial charge in [0.1, 0.15) is 0 Å². The first-order valence-electron chi connectivity index (χ1n) is 10.00. The number of hydrogen-bond donors (Lipinski definition) is 1. The molecule has 29 heavy (non-hydrogen) atoms. The van der Waals surface area contributed by atoms with Crippen LogP contribution in [0.25, 0.3) is 5.65 Å². The molecule has 1 N–H and O–H groups in total. The van der Waals surface area contributed by atoms with Crippen LogP contribution in [0.4, 0.5) is 0 Å². The number of carbonyl (C=O) groups is 1. The van der Waals surface area contributed by atoms with Crippen molar-refractivity contribution in [1.29, 1.82) is 0 Å². The van der Waals surface area contributed by atoms with Crippen LogP contribution in [-0.2, 0) is 10.2 Å². The van der Waals surface area contributed by atoms with Gasteiger partial charge in [-0.25, -0.2) is 0 Å². The van der Waals surface area contributed by atoms with Crippen LogP contribution in [0.15, 0.2) is 48.7 Å². The van der Waals surface area contributed by atoms with E-state index in [1.54, 1.807) is 11.8 Å². The van der Waals surface area contributed by atoms with Crippen LogP contribution in [0.3, 0.4) is 0 Å². The Balaban J connectivity index is 1.65. The Hall–Kier alpha value is -2.05. The molecule has 0 unspecified atom stereocenters. The summed E-state index contributed by atoms with van der Waals surface area (Å²) in [4.78, 5) is 13.6. The second kappa shape index (κ2) is 8.76. The second-order valence-electron chi connectivity index (χ2n) is 7.59. The quantitative estimate of drug-likeness (QED) is 0.586. The first-order chi connectivity index (χ1) is 14.1. The lowest BCUT2D eigenvalue weighted by molar-refractivity contribution is -0.127. The van der Waals surface area contributed by atoms with Gasteiger partial charge in [-0.1, -0.05) is 42.6 Å². The molecule has 1 aromatic carbocycles. The fraction of sp³-hybridized carbons (Fsp3) is 0.409. The van der Waals surface area contributed by atoms with Crippen LogP contribution >= 0.6 is 23.4 Å². The van der Waals surface area contributed by atoms with Gasteiger partial charge in [0, 0.05) is 11.2 Å². The Kier molecular flexibility index (Phi) is 6.11. The molecule has 1 fully saturated rings. The van der Waals surface area contributed by atoms with Crippen molar-refractivity contribution >= 4 is 34.9 Å². The first-order valence-corrected chi connectivity index (χ1v) is 11.8. The largest absolute Gasteiger partial charge is 0.345 e. The highest BCUT2D eigenvalue weighted by molar-refractivity contribution is 7.98. The minimum Gasteiger partial charge on any atom is -0.345 e. The average molecular weight is 429 g/mol. The molecule has 1 amide bonds. The second-order valence-corrected chi connectivity index (χ2v) is 9.01. The van der Waals surface area contributed by atoms with Gasteiger partial charge in [-0.2, -0.15) is 11.8 Å². The minimum atomic E-state index is -0.497. The highest BCUT2D eigenvalue weighted by Crippen LogP contribution is 2.42. The maximum atomic E-state index is 13.6. The molecule has 2 heterocycles. The van der Waals surface area contributed by atoms with E-state index in [4.69, 9.17) is 11.6 Å². The van der Waals surface area contributed by atoms with Gasteiger partial charge in [0.25, 0.3) is 0 Å². The Bertz CT molecular complexity index is 982. The summed E-state index contributed by atoms with van der Waals surface area (Å²) < 4.78 is 1.97. The molecule has 1 aliphatic carbocycles. The van der Waals surface area contributed by atoms with Gasteiger partial charge in [0.05, 0.1) is 11.5 Å². The lowest BCUT2D eigenvalue weighted by atomic mass is 9.77. The summed E-state index contributed by atoms with van der Waals surface area (Å²) in [6.07, 6.45) is 8.66. The average Bonchev–Trinajstić information content (AvgIpc) is 3.40. The van der Waals surface area contributed by atoms with Gasteiger partial charge in [-0.05, 0) is 61.1 Å². The summed E-state index contributed by atoms with van der Waals surface area (Å²) in [6, 6.07) is 13.4. The molecule has 0 bridgehead atoms. The van der Waals surface area contributed by atoms with Crippen LogP contribution in [-0.4, -0.2) is 32.5 Å². The van der Waals surface area contributed by atoms with Gasteiger partial charge in [0.2, 0.25) is 5.91 Å². The van der Waals surface area contributed by atoms with E-state index >= 15 is 0 Å². The topological polar surface area (TPSA) is 59.3 Å². The van der Waals surface area contributed by atoms with Crippen molar-refractivity contribution in [2.24, 2.45) is 0 Å². The van der Waals surface area contributed by atoms with Crippen LogP contribution in [0.5, 0.6) is 0 Å². The number of amides is 1. The van der Waals surface area contributed by atoms with Gasteiger partial charge >= 0.3 is 0 Å². The smallest absolute Gasteiger partial charge is 0.231 e. The standard InChI is InChI=1S/C22H25ClN4OS/c1-29-15-11-18(20-26-25-19-6-2-5-14-27(19)20)24-21(28)22(12-3-4-13-22)16-7-9-17(23)10-8-16/h2,5-10,14,18H,3-4,11-13,15H2,1H3,(H,24,28)/t18-/m1/s1. The molecule has 0 aliphatic heterocycles. The van der Waals surface area contributed by atoms with E-state index in [1.807, 2.05) is 53.1 Å². The van der Waals surface area contributed by atoms with E-state index in [9.17, 15) is 4.79 Å². The molecule has 7 heteroatoms. The number of halogens is 1. The Morgan fingerprint density at radius 1 is 1.21 bits per heavy atom. The van der Waals surface area contributed by atoms with Gasteiger partial charge in [-0.3, -0.25) is 9.20 Å². The molecule has 0 saturated heterocycles. The predicted molar refractivity (Wildman–Crippen MR) is 118 cm³/mol. The third kappa shape index (κ3) is 4.01. The lowest BCUT2D eigenvalue weighted by Gasteiger charge is -2.30. The molecule has 5 nitrogen and oxygen atoms in total. The van der Waals surface area contributed by atoms with Crippen molar-refractivity contribution in [3.8, 4) is 0 Å². The van der Waals surface area contributed by atoms with Crippen molar-refractivity contribution in [2.45, 2.75) is 43.6 Å². The summed E-state index contributed by atoms with van der Waals surface area (Å²) in [7, 11) is 0. The van der Waals surface area contributed by atoms with E-state index in [1.165, 1.54) is 0 Å². The number of benzene rings is 1. The van der Waals surface area contributed by atoms with Crippen molar-refractivity contribution < 1.29 is 4.79 Å². The van der Waals surface area contributed by atoms with E-state index < -0.39 is 5.41 Å². The van der Waals surface area contributed by atoms with Crippen LogP contribution in [0.1, 0.15) is 49.5 Å². The molecule has 0 spiro atoms. The molecule has 1 atom stereocenters. The fourth-order valence-electron chi connectivity index (χ4n) is 4.29. The van der Waals surface area contributed by atoms with Crippen molar-refractivity contribution in [1.82, 2.24) is 19.9 Å². The Labute approximate surface area is 180 Å². The zero-order valence-corrected chi connectivity index (χ0v) is 18.0. The zero-order chi connectivity index (χ0) is 20.3. The highest BCUT2D eigenvalue weighted by Gasteiger charge is 2.43. The molecule has 152 valence electrons. The minimum absolute atomic E-state index is 0.0797. The molecule has 1 aliphatic rings. The number of carbonyl (C=O) groups excluding carboxylic acids is 1. The third-order valence-corrected chi connectivity index (χ3v) is 6.75. The molecular weight excluding hydrogens is 404 g/mol. The normalized spacial score (nSPS) is 16.8. The van der Waals surface area contributed by atoms with Crippen molar-refractivity contribution in [2.75, 3.05) is 12.0 Å². The zero-order valence-electron chi connectivity index (χ0n) is 16.5. The Morgan fingerprint density at radius 2 is 1.97 bits per heavy atom. The highest BCUT2D eigenvalue weighted by atomic mass is 35.5. The van der Waals surface area contributed by atoms with Gasteiger partial charge in [0.15, 0.2) is 11.5 Å². The summed E-state index contributed by atoms with van der Waals surface area (Å²) in [6.45, 7) is 0. The summed E-state index contributed by atoms with van der Waals surface area (Å²) in [5.74, 6) is 1.80. The summed E-state index contributed by atoms with van der Waals surface area (Å²) in [5, 5.41) is 12.7. The third-order valence-electron chi connectivity index (χ3n) is 5.86. The SMILES string of the molecule is CSCC[C@@H](NC(=O)C1(c2ccc(Cl)cc2)CCCC1)c1nnc2ccccn12. The lowest BCUT2D eigenvalue weighted by Crippen LogP contribution is -2.44. The number of hydrogen-bond acceptors (Lipinski definition) is 4. The maximum absolute atomic E-state index is 13.6. The predicted octanol–water partition coefficient (Wildman–Crippen LogP) is 4.81. The van der Waals surface area contributed by atoms with E-state index in [0.717, 1.165) is 54.9 Å². The molecular formula is C22H25ClN4OS. The van der Waals surface area contributed by atoms with Crippen molar-refractivity contribution in [3.63, 3.8) is 0 Å². The first kappa shape index (κ1) is 20.2. The van der Waals surface area contributed by atoms with Gasteiger partial charge in [-0.15, -0.1) is 10.2 Å². The van der Waals surface area contributed by atoms with E-state index in [-0.39, 0.29) is 11.9 Å². The van der Waals surface area contributed by atoms with E-state index in [0.29, 0.717) is 5.02 Å². The fourth-order valence-corrected chi connectivity index (χ4v) is 4.89. The number of rotatable bonds is 7.